The van der Waals surface area contributed by atoms with Crippen LogP contribution < -0.4 is 10.1 Å². The number of nitrogens with zero attached hydrogens (tertiary/aromatic N) is 2. The minimum atomic E-state index is -0.508. The monoisotopic (exact) mass is 327 g/mol. The zero-order chi connectivity index (χ0) is 17.2. The maximum atomic E-state index is 12.4. The number of benzene rings is 1. The first-order chi connectivity index (χ1) is 11.5. The minimum absolute atomic E-state index is 0.0670. The lowest BCUT2D eigenvalue weighted by Gasteiger charge is -2.20. The molecule has 128 valence electrons. The number of amides is 1. The second kappa shape index (κ2) is 6.67. The number of carbonyl (C=O) groups excluding carboxylic acids is 1. The van der Waals surface area contributed by atoms with E-state index in [4.69, 9.17) is 4.74 Å². The maximum absolute atomic E-state index is 12.4. The largest absolute Gasteiger partial charge is 0.481 e. The second-order valence-electron chi connectivity index (χ2n) is 6.95. The van der Waals surface area contributed by atoms with Gasteiger partial charge >= 0.3 is 0 Å². The van der Waals surface area contributed by atoms with Gasteiger partial charge in [-0.3, -0.25) is 9.48 Å². The molecule has 1 aromatic heterocycles. The van der Waals surface area contributed by atoms with Crippen molar-refractivity contribution in [2.45, 2.75) is 46.3 Å². The van der Waals surface area contributed by atoms with E-state index < -0.39 is 6.10 Å². The standard InChI is InChI=1S/C19H25N3O2/c1-14-5-6-15(2)17(11-14)24-16(3)18(23)20-12-19(7-8-19)13-22-10-4-9-21-22/h4-6,9-11,16H,7-8,12-13H2,1-3H3,(H,20,23)/t16-/m1/s1. The van der Waals surface area contributed by atoms with Crippen LogP contribution in [0.25, 0.3) is 0 Å². The molecule has 1 aliphatic rings. The highest BCUT2D eigenvalue weighted by atomic mass is 16.5. The third-order valence-electron chi connectivity index (χ3n) is 4.67. The van der Waals surface area contributed by atoms with Gasteiger partial charge in [-0.2, -0.15) is 5.10 Å². The van der Waals surface area contributed by atoms with E-state index in [0.29, 0.717) is 6.54 Å². The Morgan fingerprint density at radius 1 is 1.42 bits per heavy atom. The van der Waals surface area contributed by atoms with Gasteiger partial charge < -0.3 is 10.1 Å². The number of hydrogen-bond donors (Lipinski definition) is 1. The Morgan fingerprint density at radius 2 is 2.21 bits per heavy atom. The van der Waals surface area contributed by atoms with Crippen LogP contribution in [0.3, 0.4) is 0 Å². The third kappa shape index (κ3) is 3.96. The summed E-state index contributed by atoms with van der Waals surface area (Å²) in [5, 5.41) is 7.30. The van der Waals surface area contributed by atoms with Gasteiger partial charge in [-0.15, -0.1) is 0 Å². The normalized spacial score (nSPS) is 16.5. The Balaban J connectivity index is 1.52. The number of carbonyl (C=O) groups is 1. The van der Waals surface area contributed by atoms with Gasteiger partial charge in [-0.25, -0.2) is 0 Å². The Labute approximate surface area is 143 Å². The molecule has 1 aromatic carbocycles. The van der Waals surface area contributed by atoms with E-state index in [1.54, 1.807) is 13.1 Å². The van der Waals surface area contributed by atoms with Crippen molar-refractivity contribution < 1.29 is 9.53 Å². The molecule has 0 spiro atoms. The SMILES string of the molecule is Cc1ccc(C)c(O[C@H](C)C(=O)NCC2(Cn3cccn3)CC2)c1. The molecule has 1 amide bonds. The van der Waals surface area contributed by atoms with Crippen LogP contribution in [0, 0.1) is 19.3 Å². The van der Waals surface area contributed by atoms with Gasteiger partial charge in [-0.1, -0.05) is 12.1 Å². The van der Waals surface area contributed by atoms with Crippen molar-refractivity contribution in [2.24, 2.45) is 5.41 Å². The van der Waals surface area contributed by atoms with E-state index in [1.807, 2.05) is 49.0 Å². The number of rotatable bonds is 7. The number of aryl methyl sites for hydroxylation is 2. The quantitative estimate of drug-likeness (QED) is 0.851. The van der Waals surface area contributed by atoms with E-state index in [0.717, 1.165) is 36.3 Å². The summed E-state index contributed by atoms with van der Waals surface area (Å²) in [6.45, 7) is 7.33. The van der Waals surface area contributed by atoms with E-state index in [9.17, 15) is 4.79 Å². The van der Waals surface area contributed by atoms with Crippen molar-refractivity contribution in [1.82, 2.24) is 15.1 Å². The van der Waals surface area contributed by atoms with Crippen molar-refractivity contribution in [2.75, 3.05) is 6.54 Å². The number of hydrogen-bond acceptors (Lipinski definition) is 3. The Hall–Kier alpha value is -2.30. The van der Waals surface area contributed by atoms with Crippen LogP contribution in [-0.2, 0) is 11.3 Å². The van der Waals surface area contributed by atoms with Crippen LogP contribution in [0.5, 0.6) is 5.75 Å². The first kappa shape index (κ1) is 16.6. The molecular formula is C19H25N3O2. The summed E-state index contributed by atoms with van der Waals surface area (Å²) < 4.78 is 7.79. The minimum Gasteiger partial charge on any atom is -0.481 e. The van der Waals surface area contributed by atoms with Crippen LogP contribution in [0.1, 0.15) is 30.9 Å². The molecule has 3 rings (SSSR count). The summed E-state index contributed by atoms with van der Waals surface area (Å²) in [5.74, 6) is 0.706. The smallest absolute Gasteiger partial charge is 0.260 e. The van der Waals surface area contributed by atoms with Crippen LogP contribution >= 0.6 is 0 Å². The lowest BCUT2D eigenvalue weighted by Crippen LogP contribution is -2.40. The average Bonchev–Trinajstić information content (AvgIpc) is 3.12. The molecule has 1 heterocycles. The summed E-state index contributed by atoms with van der Waals surface area (Å²) >= 11 is 0. The third-order valence-corrected chi connectivity index (χ3v) is 4.67. The molecule has 1 saturated carbocycles. The Bertz CT molecular complexity index is 705. The molecule has 0 aliphatic heterocycles. The predicted molar refractivity (Wildman–Crippen MR) is 92.9 cm³/mol. The number of nitrogens with one attached hydrogen (secondary N) is 1. The van der Waals surface area contributed by atoms with E-state index in [1.165, 1.54) is 0 Å². The van der Waals surface area contributed by atoms with Gasteiger partial charge in [0.2, 0.25) is 0 Å². The highest BCUT2D eigenvalue weighted by molar-refractivity contribution is 5.80. The predicted octanol–water partition coefficient (Wildman–Crippen LogP) is 2.86. The molecule has 0 unspecified atom stereocenters. The fraction of sp³-hybridized carbons (Fsp3) is 0.474. The molecule has 1 aliphatic carbocycles. The van der Waals surface area contributed by atoms with Crippen molar-refractivity contribution in [3.8, 4) is 5.75 Å². The van der Waals surface area contributed by atoms with E-state index in [2.05, 4.69) is 10.4 Å². The van der Waals surface area contributed by atoms with Gasteiger partial charge in [0.1, 0.15) is 5.75 Å². The maximum Gasteiger partial charge on any atom is 0.260 e. The summed E-state index contributed by atoms with van der Waals surface area (Å²) in [6.07, 6.45) is 5.49. The molecule has 0 radical (unpaired) electrons. The van der Waals surface area contributed by atoms with Crippen molar-refractivity contribution in [3.05, 3.63) is 47.8 Å². The summed E-state index contributed by atoms with van der Waals surface area (Å²) in [6, 6.07) is 7.95. The summed E-state index contributed by atoms with van der Waals surface area (Å²) in [5.41, 5.74) is 2.32. The fourth-order valence-electron chi connectivity index (χ4n) is 2.80. The molecule has 1 fully saturated rings. The summed E-state index contributed by atoms with van der Waals surface area (Å²) in [4.78, 5) is 12.4. The lowest BCUT2D eigenvalue weighted by atomic mass is 10.1. The first-order valence-electron chi connectivity index (χ1n) is 8.47. The zero-order valence-corrected chi connectivity index (χ0v) is 14.6. The van der Waals surface area contributed by atoms with Crippen LogP contribution in [0.15, 0.2) is 36.7 Å². The van der Waals surface area contributed by atoms with Crippen molar-refractivity contribution in [1.29, 1.82) is 0 Å². The highest BCUT2D eigenvalue weighted by Gasteiger charge is 2.43. The second-order valence-corrected chi connectivity index (χ2v) is 6.95. The van der Waals surface area contributed by atoms with Gasteiger partial charge in [0.05, 0.1) is 0 Å². The molecule has 5 heteroatoms. The highest BCUT2D eigenvalue weighted by Crippen LogP contribution is 2.46. The van der Waals surface area contributed by atoms with Crippen molar-refractivity contribution in [3.63, 3.8) is 0 Å². The van der Waals surface area contributed by atoms with Crippen LogP contribution in [-0.4, -0.2) is 28.3 Å². The van der Waals surface area contributed by atoms with Crippen molar-refractivity contribution >= 4 is 5.91 Å². The van der Waals surface area contributed by atoms with Gasteiger partial charge in [0, 0.05) is 30.9 Å². The van der Waals surface area contributed by atoms with E-state index >= 15 is 0 Å². The van der Waals surface area contributed by atoms with Gasteiger partial charge in [-0.05, 0) is 56.9 Å². The molecule has 2 aromatic rings. The number of ether oxygens (including phenoxy) is 1. The van der Waals surface area contributed by atoms with Crippen LogP contribution in [0.4, 0.5) is 0 Å². The molecule has 5 nitrogen and oxygen atoms in total. The van der Waals surface area contributed by atoms with E-state index in [-0.39, 0.29) is 11.3 Å². The molecule has 1 atom stereocenters. The summed E-state index contributed by atoms with van der Waals surface area (Å²) in [7, 11) is 0. The molecule has 0 bridgehead atoms. The number of aromatic nitrogens is 2. The van der Waals surface area contributed by atoms with Gasteiger partial charge in [0.15, 0.2) is 6.10 Å². The molecule has 24 heavy (non-hydrogen) atoms. The topological polar surface area (TPSA) is 56.1 Å². The Kier molecular flexibility index (Phi) is 4.60. The zero-order valence-electron chi connectivity index (χ0n) is 14.6. The Morgan fingerprint density at radius 3 is 2.88 bits per heavy atom. The average molecular weight is 327 g/mol. The molecule has 1 N–H and O–H groups in total. The first-order valence-corrected chi connectivity index (χ1v) is 8.47. The lowest BCUT2D eigenvalue weighted by molar-refractivity contribution is -0.127. The van der Waals surface area contributed by atoms with Gasteiger partial charge in [0.25, 0.3) is 5.91 Å². The van der Waals surface area contributed by atoms with Crippen LogP contribution in [0.2, 0.25) is 0 Å². The molecule has 0 saturated heterocycles. The fourth-order valence-corrected chi connectivity index (χ4v) is 2.80. The molecular weight excluding hydrogens is 302 g/mol.